The SMILES string of the molecule is Cc1ccc(OCCNC(=O)[C@@H]2CCCN(S(=O)(=O)Cc3c(Cl)cccc3Cl)C2)c(C)c1. The monoisotopic (exact) mass is 498 g/mol. The number of aryl methyl sites for hydroxylation is 2. The molecule has 0 spiro atoms. The zero-order valence-corrected chi connectivity index (χ0v) is 20.6. The normalized spacial score (nSPS) is 17.2. The van der Waals surface area contributed by atoms with Gasteiger partial charge in [0, 0.05) is 28.7 Å². The van der Waals surface area contributed by atoms with Crippen LogP contribution < -0.4 is 10.1 Å². The summed E-state index contributed by atoms with van der Waals surface area (Å²) in [5, 5.41) is 3.50. The highest BCUT2D eigenvalue weighted by Gasteiger charge is 2.33. The van der Waals surface area contributed by atoms with Crippen molar-refractivity contribution in [2.24, 2.45) is 5.92 Å². The molecule has 32 heavy (non-hydrogen) atoms. The maximum atomic E-state index is 13.0. The fourth-order valence-electron chi connectivity index (χ4n) is 3.79. The van der Waals surface area contributed by atoms with Gasteiger partial charge in [-0.1, -0.05) is 47.0 Å². The fourth-order valence-corrected chi connectivity index (χ4v) is 6.16. The molecule has 9 heteroatoms. The Morgan fingerprint density at radius 3 is 2.59 bits per heavy atom. The van der Waals surface area contributed by atoms with Crippen LogP contribution >= 0.6 is 23.2 Å². The molecule has 0 saturated carbocycles. The van der Waals surface area contributed by atoms with Gasteiger partial charge in [0.25, 0.3) is 0 Å². The van der Waals surface area contributed by atoms with Crippen LogP contribution in [0.4, 0.5) is 0 Å². The highest BCUT2D eigenvalue weighted by Crippen LogP contribution is 2.29. The van der Waals surface area contributed by atoms with Crippen LogP contribution in [0, 0.1) is 19.8 Å². The molecule has 6 nitrogen and oxygen atoms in total. The summed E-state index contributed by atoms with van der Waals surface area (Å²) in [6.07, 6.45) is 1.26. The largest absolute Gasteiger partial charge is 0.491 e. The van der Waals surface area contributed by atoms with Gasteiger partial charge < -0.3 is 10.1 Å². The first-order chi connectivity index (χ1) is 15.2. The van der Waals surface area contributed by atoms with E-state index in [1.165, 1.54) is 4.31 Å². The Kier molecular flexibility index (Phi) is 8.44. The van der Waals surface area contributed by atoms with Crippen LogP contribution in [0.1, 0.15) is 29.5 Å². The molecule has 1 amide bonds. The maximum absolute atomic E-state index is 13.0. The number of benzene rings is 2. The number of amides is 1. The molecule has 0 aliphatic carbocycles. The van der Waals surface area contributed by atoms with Gasteiger partial charge in [0.15, 0.2) is 0 Å². The number of sulfonamides is 1. The van der Waals surface area contributed by atoms with Gasteiger partial charge in [-0.05, 0) is 50.5 Å². The molecule has 0 unspecified atom stereocenters. The van der Waals surface area contributed by atoms with Gasteiger partial charge in [-0.2, -0.15) is 0 Å². The summed E-state index contributed by atoms with van der Waals surface area (Å²) in [5.74, 6) is -0.0619. The molecule has 1 heterocycles. The van der Waals surface area contributed by atoms with Crippen LogP contribution in [-0.2, 0) is 20.6 Å². The van der Waals surface area contributed by atoms with Crippen LogP contribution in [-0.4, -0.2) is 44.9 Å². The van der Waals surface area contributed by atoms with Crippen LogP contribution in [0.3, 0.4) is 0 Å². The van der Waals surface area contributed by atoms with E-state index in [1.807, 2.05) is 32.0 Å². The van der Waals surface area contributed by atoms with Crippen molar-refractivity contribution in [3.63, 3.8) is 0 Å². The summed E-state index contributed by atoms with van der Waals surface area (Å²) in [6, 6.07) is 10.8. The Bertz CT molecular complexity index is 1060. The summed E-state index contributed by atoms with van der Waals surface area (Å²) >= 11 is 12.3. The van der Waals surface area contributed by atoms with E-state index in [9.17, 15) is 13.2 Å². The van der Waals surface area contributed by atoms with E-state index in [4.69, 9.17) is 27.9 Å². The van der Waals surface area contributed by atoms with Crippen molar-refractivity contribution in [2.75, 3.05) is 26.2 Å². The number of rotatable bonds is 8. The van der Waals surface area contributed by atoms with Gasteiger partial charge >= 0.3 is 0 Å². The molecule has 1 aliphatic rings. The van der Waals surface area contributed by atoms with E-state index in [0.717, 1.165) is 16.9 Å². The minimum Gasteiger partial charge on any atom is -0.491 e. The third kappa shape index (κ3) is 6.38. The van der Waals surface area contributed by atoms with Crippen molar-refractivity contribution >= 4 is 39.1 Å². The summed E-state index contributed by atoms with van der Waals surface area (Å²) in [4.78, 5) is 12.6. The summed E-state index contributed by atoms with van der Waals surface area (Å²) in [6.45, 7) is 5.22. The predicted molar refractivity (Wildman–Crippen MR) is 128 cm³/mol. The van der Waals surface area contributed by atoms with Gasteiger partial charge in [-0.25, -0.2) is 12.7 Å². The number of nitrogens with one attached hydrogen (secondary N) is 1. The number of carbonyl (C=O) groups is 1. The third-order valence-corrected chi connectivity index (χ3v) is 8.01. The Morgan fingerprint density at radius 1 is 1.19 bits per heavy atom. The molecule has 1 N–H and O–H groups in total. The molecule has 1 fully saturated rings. The number of hydrogen-bond donors (Lipinski definition) is 1. The molecule has 1 atom stereocenters. The van der Waals surface area contributed by atoms with E-state index in [-0.39, 0.29) is 18.2 Å². The van der Waals surface area contributed by atoms with Crippen molar-refractivity contribution in [3.8, 4) is 5.75 Å². The Labute approximate surface area is 199 Å². The second-order valence-electron chi connectivity index (χ2n) is 8.06. The van der Waals surface area contributed by atoms with E-state index in [1.54, 1.807) is 18.2 Å². The molecule has 0 bridgehead atoms. The van der Waals surface area contributed by atoms with Crippen molar-refractivity contribution in [1.29, 1.82) is 0 Å². The lowest BCUT2D eigenvalue weighted by molar-refractivity contribution is -0.126. The summed E-state index contributed by atoms with van der Waals surface area (Å²) < 4.78 is 33.0. The van der Waals surface area contributed by atoms with Crippen LogP contribution in [0.5, 0.6) is 5.75 Å². The summed E-state index contributed by atoms with van der Waals surface area (Å²) in [7, 11) is -3.66. The second kappa shape index (κ2) is 10.9. The molecule has 0 aromatic heterocycles. The average Bonchev–Trinajstić information content (AvgIpc) is 2.75. The topological polar surface area (TPSA) is 75.7 Å². The maximum Gasteiger partial charge on any atom is 0.224 e. The quantitative estimate of drug-likeness (QED) is 0.549. The van der Waals surface area contributed by atoms with Crippen LogP contribution in [0.2, 0.25) is 10.0 Å². The smallest absolute Gasteiger partial charge is 0.224 e. The Balaban J connectivity index is 1.52. The number of halogens is 2. The van der Waals surface area contributed by atoms with Gasteiger partial charge in [-0.15, -0.1) is 0 Å². The molecular formula is C23H28Cl2N2O4S. The molecular weight excluding hydrogens is 471 g/mol. The third-order valence-electron chi connectivity index (χ3n) is 5.53. The van der Waals surface area contributed by atoms with E-state index >= 15 is 0 Å². The lowest BCUT2D eigenvalue weighted by Gasteiger charge is -2.31. The predicted octanol–water partition coefficient (Wildman–Crippen LogP) is 4.35. The lowest BCUT2D eigenvalue weighted by Crippen LogP contribution is -2.46. The van der Waals surface area contributed by atoms with Crippen molar-refractivity contribution in [2.45, 2.75) is 32.4 Å². The number of carbonyl (C=O) groups excluding carboxylic acids is 1. The van der Waals surface area contributed by atoms with Crippen LogP contribution in [0.15, 0.2) is 36.4 Å². The minimum absolute atomic E-state index is 0.147. The first-order valence-corrected chi connectivity index (χ1v) is 12.9. The first kappa shape index (κ1) is 24.8. The average molecular weight is 499 g/mol. The zero-order chi connectivity index (χ0) is 23.3. The van der Waals surface area contributed by atoms with E-state index in [2.05, 4.69) is 5.32 Å². The number of nitrogens with zero attached hydrogens (tertiary/aromatic N) is 1. The molecule has 1 aliphatic heterocycles. The van der Waals surface area contributed by atoms with Gasteiger partial charge in [0.2, 0.25) is 15.9 Å². The Hall–Kier alpha value is -1.80. The second-order valence-corrected chi connectivity index (χ2v) is 10.8. The molecule has 174 valence electrons. The molecule has 3 rings (SSSR count). The molecule has 0 radical (unpaired) electrons. The Morgan fingerprint density at radius 2 is 1.91 bits per heavy atom. The van der Waals surface area contributed by atoms with Crippen molar-refractivity contribution in [1.82, 2.24) is 9.62 Å². The van der Waals surface area contributed by atoms with Crippen LogP contribution in [0.25, 0.3) is 0 Å². The highest BCUT2D eigenvalue weighted by molar-refractivity contribution is 7.88. The standard InChI is InChI=1S/C23H28Cl2N2O4S/c1-16-8-9-22(17(2)13-16)31-12-10-26-23(28)18-5-4-11-27(14-18)32(29,30)15-19-20(24)6-3-7-21(19)25/h3,6-9,13,18H,4-5,10-12,14-15H2,1-2H3,(H,26,28)/t18-/m1/s1. The number of ether oxygens (including phenoxy) is 1. The zero-order valence-electron chi connectivity index (χ0n) is 18.2. The van der Waals surface area contributed by atoms with Crippen molar-refractivity contribution in [3.05, 3.63) is 63.1 Å². The fraction of sp³-hybridized carbons (Fsp3) is 0.435. The van der Waals surface area contributed by atoms with Gasteiger partial charge in [0.05, 0.1) is 18.2 Å². The first-order valence-electron chi connectivity index (χ1n) is 10.6. The highest BCUT2D eigenvalue weighted by atomic mass is 35.5. The van der Waals surface area contributed by atoms with Gasteiger partial charge in [0.1, 0.15) is 12.4 Å². The van der Waals surface area contributed by atoms with E-state index < -0.39 is 15.9 Å². The van der Waals surface area contributed by atoms with Gasteiger partial charge in [-0.3, -0.25) is 4.79 Å². The molecule has 2 aromatic rings. The number of hydrogen-bond acceptors (Lipinski definition) is 4. The van der Waals surface area contributed by atoms with E-state index in [0.29, 0.717) is 48.1 Å². The molecule has 1 saturated heterocycles. The molecule has 2 aromatic carbocycles. The number of piperidine rings is 1. The lowest BCUT2D eigenvalue weighted by atomic mass is 9.99. The summed E-state index contributed by atoms with van der Waals surface area (Å²) in [5.41, 5.74) is 2.59. The minimum atomic E-state index is -3.66. The van der Waals surface area contributed by atoms with Crippen molar-refractivity contribution < 1.29 is 17.9 Å².